The highest BCUT2D eigenvalue weighted by Gasteiger charge is 2.36. The predicted molar refractivity (Wildman–Crippen MR) is 335 cm³/mol. The van der Waals surface area contributed by atoms with Gasteiger partial charge in [0.05, 0.1) is 28.1 Å². The maximum atomic E-state index is 5.56. The summed E-state index contributed by atoms with van der Waals surface area (Å²) in [7, 11) is 0. The fourth-order valence-electron chi connectivity index (χ4n) is 11.6. The molecule has 1 aliphatic rings. The summed E-state index contributed by atoms with van der Waals surface area (Å²) in [5, 5.41) is 2.39. The molecule has 0 N–H and O–H groups in total. The molecule has 8 aromatic carbocycles. The van der Waals surface area contributed by atoms with Crippen LogP contribution in [0.5, 0.6) is 0 Å². The average Bonchev–Trinajstić information content (AvgIpc) is 2.84. The molecule has 398 valence electrons. The molecule has 6 heteroatoms. The molecule has 3 aromatic heterocycles. The van der Waals surface area contributed by atoms with E-state index in [-0.39, 0.29) is 27.1 Å². The molecule has 1 aliphatic carbocycles. The van der Waals surface area contributed by atoms with Crippen LogP contribution in [0.1, 0.15) is 130 Å². The minimum absolute atomic E-state index is 0.122. The van der Waals surface area contributed by atoms with Crippen LogP contribution >= 0.6 is 0 Å². The van der Waals surface area contributed by atoms with Gasteiger partial charge in [-0.3, -0.25) is 0 Å². The Bertz CT molecular complexity index is 4010. The summed E-state index contributed by atoms with van der Waals surface area (Å²) in [6, 6.07) is 66.1. The van der Waals surface area contributed by atoms with E-state index in [2.05, 4.69) is 271 Å². The fraction of sp³-hybridized carbons (Fsp3) is 0.257. The van der Waals surface area contributed by atoms with Crippen molar-refractivity contribution in [2.45, 2.75) is 124 Å². The van der Waals surface area contributed by atoms with Gasteiger partial charge >= 0.3 is 0 Å². The SMILES string of the molecule is CC(C)(C)c1cc(-c2nc(-c3cc(C(C)(C)C)cc(C(C)(C)C)c3)nc(-c3ccc(-n4c5ccccc5c5cc6c(cc54)C(C)(C)c4ccccc4-6)c(-c4cc(-c5ccccc5)nc(-c5ccccc5)n4)c3)n2)cc(C(C)(C)C)c1. The molecule has 80 heavy (non-hydrogen) atoms. The Balaban J connectivity index is 1.18. The lowest BCUT2D eigenvalue weighted by Gasteiger charge is -2.26. The predicted octanol–water partition coefficient (Wildman–Crippen LogP) is 19.3. The second kappa shape index (κ2) is 18.9. The van der Waals surface area contributed by atoms with E-state index in [4.69, 9.17) is 24.9 Å². The summed E-state index contributed by atoms with van der Waals surface area (Å²) in [6.45, 7) is 32.1. The van der Waals surface area contributed by atoms with Gasteiger partial charge in [0.25, 0.3) is 0 Å². The first-order valence-electron chi connectivity index (χ1n) is 28.3. The molecule has 3 heterocycles. The van der Waals surface area contributed by atoms with E-state index in [9.17, 15) is 0 Å². The molecular weight excluding hydrogens is 973 g/mol. The number of aromatic nitrogens is 6. The van der Waals surface area contributed by atoms with Crippen molar-refractivity contribution in [2.75, 3.05) is 0 Å². The summed E-state index contributed by atoms with van der Waals surface area (Å²) in [6.07, 6.45) is 0. The highest BCUT2D eigenvalue weighted by atomic mass is 15.0. The Labute approximate surface area is 473 Å². The van der Waals surface area contributed by atoms with E-state index in [0.717, 1.165) is 61.5 Å². The van der Waals surface area contributed by atoms with E-state index in [1.807, 2.05) is 12.1 Å². The van der Waals surface area contributed by atoms with Gasteiger partial charge in [0.1, 0.15) is 0 Å². The first-order valence-corrected chi connectivity index (χ1v) is 28.3. The van der Waals surface area contributed by atoms with Gasteiger partial charge in [0.2, 0.25) is 0 Å². The quantitative estimate of drug-likeness (QED) is 0.159. The molecule has 11 aromatic rings. The third-order valence-corrected chi connectivity index (χ3v) is 16.5. The van der Waals surface area contributed by atoms with Crippen LogP contribution in [0.15, 0.2) is 182 Å². The summed E-state index contributed by atoms with van der Waals surface area (Å²) in [5.74, 6) is 2.48. The molecule has 6 nitrogen and oxygen atoms in total. The number of nitrogens with zero attached hydrogens (tertiary/aromatic N) is 6. The Morgan fingerprint density at radius 3 is 1.35 bits per heavy atom. The van der Waals surface area contributed by atoms with Gasteiger partial charge in [0, 0.05) is 49.6 Å². The molecule has 0 unspecified atom stereocenters. The second-order valence-corrected chi connectivity index (χ2v) is 26.8. The Kier molecular flexibility index (Phi) is 12.4. The van der Waals surface area contributed by atoms with E-state index in [0.29, 0.717) is 23.3 Å². The van der Waals surface area contributed by atoms with Crippen LogP contribution in [0.3, 0.4) is 0 Å². The van der Waals surface area contributed by atoms with Gasteiger partial charge in [0.15, 0.2) is 23.3 Å². The van der Waals surface area contributed by atoms with Crippen LogP contribution in [0, 0.1) is 0 Å². The molecule has 0 bridgehead atoms. The number of rotatable bonds is 7. The van der Waals surface area contributed by atoms with Crippen LogP contribution in [0.25, 0.3) is 107 Å². The van der Waals surface area contributed by atoms with Crippen molar-refractivity contribution in [3.8, 4) is 84.9 Å². The van der Waals surface area contributed by atoms with Gasteiger partial charge in [-0.2, -0.15) is 0 Å². The van der Waals surface area contributed by atoms with E-state index >= 15 is 0 Å². The smallest absolute Gasteiger partial charge is 0.164 e. The van der Waals surface area contributed by atoms with Crippen molar-refractivity contribution in [3.05, 3.63) is 215 Å². The van der Waals surface area contributed by atoms with Crippen molar-refractivity contribution >= 4 is 21.8 Å². The normalized spacial score (nSPS) is 13.5. The molecule has 0 saturated carbocycles. The largest absolute Gasteiger partial charge is 0.309 e. The van der Waals surface area contributed by atoms with Crippen molar-refractivity contribution < 1.29 is 0 Å². The maximum Gasteiger partial charge on any atom is 0.164 e. The fourth-order valence-corrected chi connectivity index (χ4v) is 11.6. The second-order valence-electron chi connectivity index (χ2n) is 26.8. The number of para-hydroxylation sites is 1. The lowest BCUT2D eigenvalue weighted by atomic mass is 9.79. The van der Waals surface area contributed by atoms with Gasteiger partial charge < -0.3 is 4.57 Å². The Hall–Kier alpha value is -8.35. The molecule has 12 rings (SSSR count). The third kappa shape index (κ3) is 9.42. The lowest BCUT2D eigenvalue weighted by Crippen LogP contribution is -2.17. The molecular formula is C74H72N6. The monoisotopic (exact) mass is 1040 g/mol. The van der Waals surface area contributed by atoms with E-state index in [1.54, 1.807) is 0 Å². The lowest BCUT2D eigenvalue weighted by molar-refractivity contribution is 0.568. The zero-order chi connectivity index (χ0) is 56.3. The molecule has 0 fully saturated rings. The van der Waals surface area contributed by atoms with Crippen LogP contribution in [-0.4, -0.2) is 29.5 Å². The van der Waals surface area contributed by atoms with Crippen LogP contribution in [0.4, 0.5) is 0 Å². The minimum atomic E-state index is -0.204. The Morgan fingerprint density at radius 1 is 0.312 bits per heavy atom. The number of fused-ring (bicyclic) bond motifs is 6. The third-order valence-electron chi connectivity index (χ3n) is 16.5. The van der Waals surface area contributed by atoms with Crippen molar-refractivity contribution in [3.63, 3.8) is 0 Å². The first-order chi connectivity index (χ1) is 37.9. The minimum Gasteiger partial charge on any atom is -0.309 e. The van der Waals surface area contributed by atoms with Gasteiger partial charge in [-0.1, -0.05) is 212 Å². The summed E-state index contributed by atoms with van der Waals surface area (Å²) in [4.78, 5) is 27.5. The number of benzene rings is 8. The summed E-state index contributed by atoms with van der Waals surface area (Å²) < 4.78 is 2.46. The van der Waals surface area contributed by atoms with Gasteiger partial charge in [-0.25, -0.2) is 24.9 Å². The summed E-state index contributed by atoms with van der Waals surface area (Å²) >= 11 is 0. The zero-order valence-corrected chi connectivity index (χ0v) is 49.0. The zero-order valence-electron chi connectivity index (χ0n) is 49.0. The van der Waals surface area contributed by atoms with E-state index < -0.39 is 0 Å². The number of hydrogen-bond acceptors (Lipinski definition) is 5. The maximum absolute atomic E-state index is 5.56. The number of hydrogen-bond donors (Lipinski definition) is 0. The van der Waals surface area contributed by atoms with Crippen LogP contribution in [0.2, 0.25) is 0 Å². The van der Waals surface area contributed by atoms with Crippen molar-refractivity contribution in [1.82, 2.24) is 29.5 Å². The van der Waals surface area contributed by atoms with Gasteiger partial charge in [-0.05, 0) is 133 Å². The topological polar surface area (TPSA) is 69.4 Å². The highest BCUT2D eigenvalue weighted by molar-refractivity contribution is 6.12. The van der Waals surface area contributed by atoms with Crippen molar-refractivity contribution in [1.29, 1.82) is 0 Å². The van der Waals surface area contributed by atoms with Crippen LogP contribution in [-0.2, 0) is 27.1 Å². The van der Waals surface area contributed by atoms with Gasteiger partial charge in [-0.15, -0.1) is 0 Å². The molecule has 0 radical (unpaired) electrons. The molecule has 0 amide bonds. The summed E-state index contributed by atoms with van der Waals surface area (Å²) in [5.41, 5.74) is 20.0. The van der Waals surface area contributed by atoms with Crippen LogP contribution < -0.4 is 0 Å². The standard InChI is InChI=1S/C74H72N6/c1-70(2,3)50-35-48(36-51(40-50)71(4,5)6)68-77-67(78-69(79-68)49-37-52(72(7,8)9)41-53(38-49)73(10,11)12)47-33-34-64(58(39-47)62-44-61(45-25-17-15-18-26-45)75-66(76-62)46-27-19-16-20-28-46)80-63-32-24-22-30-55(63)57-42-56-54-29-21-23-31-59(54)74(13,14)60(56)43-65(57)80/h15-44H,1-14H3. The van der Waals surface area contributed by atoms with E-state index in [1.165, 1.54) is 55.3 Å². The molecule has 0 saturated heterocycles. The highest BCUT2D eigenvalue weighted by Crippen LogP contribution is 2.51. The molecule has 0 spiro atoms. The average molecular weight is 1050 g/mol. The molecule has 0 atom stereocenters. The Morgan fingerprint density at radius 2 is 0.787 bits per heavy atom. The molecule has 0 aliphatic heterocycles. The first kappa shape index (κ1) is 52.4. The van der Waals surface area contributed by atoms with Crippen molar-refractivity contribution in [2.24, 2.45) is 0 Å².